The second-order valence-corrected chi connectivity index (χ2v) is 5.78. The first-order valence-corrected chi connectivity index (χ1v) is 6.85. The van der Waals surface area contributed by atoms with E-state index < -0.39 is 0 Å². The molecule has 2 fully saturated rings. The Bertz CT molecular complexity index is 292. The molecule has 1 heterocycles. The number of aliphatic hydroxyl groups is 1. The summed E-state index contributed by atoms with van der Waals surface area (Å²) in [6.07, 6.45) is 3.34. The summed E-state index contributed by atoms with van der Waals surface area (Å²) < 4.78 is 5.57. The van der Waals surface area contributed by atoms with E-state index in [0.29, 0.717) is 18.4 Å². The van der Waals surface area contributed by atoms with Crippen molar-refractivity contribution >= 4 is 5.91 Å². The van der Waals surface area contributed by atoms with Gasteiger partial charge >= 0.3 is 0 Å². The molecule has 2 atom stereocenters. The van der Waals surface area contributed by atoms with Crippen molar-refractivity contribution in [3.63, 3.8) is 0 Å². The van der Waals surface area contributed by atoms with Crippen LogP contribution in [0.15, 0.2) is 0 Å². The van der Waals surface area contributed by atoms with E-state index in [0.717, 1.165) is 32.4 Å². The molecule has 2 rings (SSSR count). The number of amides is 1. The van der Waals surface area contributed by atoms with Crippen molar-refractivity contribution in [3.8, 4) is 0 Å². The third kappa shape index (κ3) is 3.43. The number of rotatable bonds is 6. The fourth-order valence-corrected chi connectivity index (χ4v) is 2.74. The summed E-state index contributed by atoms with van der Waals surface area (Å²) in [6, 6.07) is 0. The number of nitrogens with one attached hydrogen (secondary N) is 2. The molecule has 0 bridgehead atoms. The molecule has 5 nitrogen and oxygen atoms in total. The highest BCUT2D eigenvalue weighted by molar-refractivity contribution is 5.77. The first-order valence-electron chi connectivity index (χ1n) is 6.85. The van der Waals surface area contributed by atoms with Crippen LogP contribution in [0.25, 0.3) is 0 Å². The SMILES string of the molecule is CC1(OCC(=O)NCC2CCCC2CO)CNC1. The van der Waals surface area contributed by atoms with Crippen LogP contribution in [0.4, 0.5) is 0 Å². The van der Waals surface area contributed by atoms with Gasteiger partial charge in [-0.2, -0.15) is 0 Å². The van der Waals surface area contributed by atoms with Gasteiger partial charge < -0.3 is 20.5 Å². The van der Waals surface area contributed by atoms with Crippen LogP contribution in [-0.4, -0.2) is 49.5 Å². The largest absolute Gasteiger partial charge is 0.396 e. The van der Waals surface area contributed by atoms with E-state index >= 15 is 0 Å². The van der Waals surface area contributed by atoms with Gasteiger partial charge in [0.15, 0.2) is 0 Å². The third-order valence-corrected chi connectivity index (χ3v) is 4.16. The molecule has 18 heavy (non-hydrogen) atoms. The van der Waals surface area contributed by atoms with E-state index in [1.807, 2.05) is 6.92 Å². The lowest BCUT2D eigenvalue weighted by molar-refractivity contribution is -0.136. The first-order chi connectivity index (χ1) is 8.63. The Morgan fingerprint density at radius 3 is 2.78 bits per heavy atom. The molecule has 0 spiro atoms. The second kappa shape index (κ2) is 5.99. The molecule has 104 valence electrons. The third-order valence-electron chi connectivity index (χ3n) is 4.16. The molecule has 2 aliphatic rings. The smallest absolute Gasteiger partial charge is 0.246 e. The monoisotopic (exact) mass is 256 g/mol. The molecule has 1 aliphatic carbocycles. The predicted octanol–water partition coefficient (Wildman–Crippen LogP) is -0.110. The molecule has 0 aromatic rings. The fraction of sp³-hybridized carbons (Fsp3) is 0.923. The van der Waals surface area contributed by atoms with Crippen LogP contribution in [0.5, 0.6) is 0 Å². The summed E-state index contributed by atoms with van der Waals surface area (Å²) in [5.74, 6) is 0.742. The lowest BCUT2D eigenvalue weighted by atomic mass is 9.97. The average Bonchev–Trinajstić information content (AvgIpc) is 2.78. The maximum Gasteiger partial charge on any atom is 0.246 e. The van der Waals surface area contributed by atoms with Crippen molar-refractivity contribution in [2.24, 2.45) is 11.8 Å². The van der Waals surface area contributed by atoms with Crippen molar-refractivity contribution in [3.05, 3.63) is 0 Å². The van der Waals surface area contributed by atoms with Gasteiger partial charge in [0.05, 0.1) is 5.60 Å². The van der Waals surface area contributed by atoms with Crippen LogP contribution in [0.2, 0.25) is 0 Å². The molecule has 0 aromatic heterocycles. The number of carbonyl (C=O) groups excluding carboxylic acids is 1. The molecular formula is C13H24N2O3. The van der Waals surface area contributed by atoms with E-state index in [2.05, 4.69) is 10.6 Å². The molecule has 2 unspecified atom stereocenters. The summed E-state index contributed by atoms with van der Waals surface area (Å²) >= 11 is 0. The zero-order chi connectivity index (χ0) is 13.0. The topological polar surface area (TPSA) is 70.6 Å². The maximum atomic E-state index is 11.7. The number of hydrogen-bond acceptors (Lipinski definition) is 4. The minimum atomic E-state index is -0.168. The lowest BCUT2D eigenvalue weighted by Gasteiger charge is -2.38. The van der Waals surface area contributed by atoms with Crippen LogP contribution in [0.1, 0.15) is 26.2 Å². The van der Waals surface area contributed by atoms with E-state index in [4.69, 9.17) is 4.74 Å². The highest BCUT2D eigenvalue weighted by atomic mass is 16.5. The van der Waals surface area contributed by atoms with Gasteiger partial charge in [0, 0.05) is 26.2 Å². The number of hydrogen-bond donors (Lipinski definition) is 3. The van der Waals surface area contributed by atoms with Gasteiger partial charge in [0.1, 0.15) is 6.61 Å². The van der Waals surface area contributed by atoms with Crippen molar-refractivity contribution < 1.29 is 14.6 Å². The molecule has 0 aromatic carbocycles. The second-order valence-electron chi connectivity index (χ2n) is 5.78. The van der Waals surface area contributed by atoms with E-state index in [9.17, 15) is 9.90 Å². The number of ether oxygens (including phenoxy) is 1. The number of carbonyl (C=O) groups is 1. The summed E-state index contributed by atoms with van der Waals surface area (Å²) in [4.78, 5) is 11.7. The van der Waals surface area contributed by atoms with Crippen LogP contribution < -0.4 is 10.6 Å². The zero-order valence-electron chi connectivity index (χ0n) is 11.1. The summed E-state index contributed by atoms with van der Waals surface area (Å²) in [7, 11) is 0. The molecule has 1 saturated heterocycles. The minimum Gasteiger partial charge on any atom is -0.396 e. The quantitative estimate of drug-likeness (QED) is 0.620. The highest BCUT2D eigenvalue weighted by Crippen LogP contribution is 2.30. The summed E-state index contributed by atoms with van der Waals surface area (Å²) in [5.41, 5.74) is -0.168. The summed E-state index contributed by atoms with van der Waals surface area (Å²) in [5, 5.41) is 15.3. The van der Waals surface area contributed by atoms with Gasteiger partial charge in [-0.15, -0.1) is 0 Å². The number of aliphatic hydroxyl groups excluding tert-OH is 1. The van der Waals surface area contributed by atoms with Crippen molar-refractivity contribution in [2.45, 2.75) is 31.8 Å². The standard InChI is InChI=1S/C13H24N2O3/c1-13(8-14-9-13)18-7-12(17)15-5-10-3-2-4-11(10)6-16/h10-11,14,16H,2-9H2,1H3,(H,15,17). The van der Waals surface area contributed by atoms with E-state index in [1.165, 1.54) is 0 Å². The van der Waals surface area contributed by atoms with Gasteiger partial charge in [0.25, 0.3) is 0 Å². The van der Waals surface area contributed by atoms with Gasteiger partial charge in [-0.1, -0.05) is 6.42 Å². The van der Waals surface area contributed by atoms with Crippen molar-refractivity contribution in [1.82, 2.24) is 10.6 Å². The van der Waals surface area contributed by atoms with Gasteiger partial charge in [-0.25, -0.2) is 0 Å². The minimum absolute atomic E-state index is 0.0493. The molecule has 1 aliphatic heterocycles. The van der Waals surface area contributed by atoms with Crippen LogP contribution in [0, 0.1) is 11.8 Å². The lowest BCUT2D eigenvalue weighted by Crippen LogP contribution is -2.59. The van der Waals surface area contributed by atoms with Crippen LogP contribution in [0.3, 0.4) is 0 Å². The fourth-order valence-electron chi connectivity index (χ4n) is 2.74. The maximum absolute atomic E-state index is 11.7. The van der Waals surface area contributed by atoms with Crippen LogP contribution in [-0.2, 0) is 9.53 Å². The Kier molecular flexibility index (Phi) is 4.59. The van der Waals surface area contributed by atoms with E-state index in [-0.39, 0.29) is 24.7 Å². The van der Waals surface area contributed by atoms with Gasteiger partial charge in [0.2, 0.25) is 5.91 Å². The predicted molar refractivity (Wildman–Crippen MR) is 68.2 cm³/mol. The average molecular weight is 256 g/mol. The molecule has 3 N–H and O–H groups in total. The zero-order valence-corrected chi connectivity index (χ0v) is 11.1. The Hall–Kier alpha value is -0.650. The summed E-state index contributed by atoms with van der Waals surface area (Å²) in [6.45, 7) is 4.68. The van der Waals surface area contributed by atoms with Gasteiger partial charge in [-0.3, -0.25) is 4.79 Å². The van der Waals surface area contributed by atoms with Crippen LogP contribution >= 0.6 is 0 Å². The Balaban J connectivity index is 1.62. The normalized spacial score (nSPS) is 29.9. The Morgan fingerprint density at radius 2 is 2.17 bits per heavy atom. The van der Waals surface area contributed by atoms with E-state index in [1.54, 1.807) is 0 Å². The van der Waals surface area contributed by atoms with Crippen molar-refractivity contribution in [2.75, 3.05) is 32.8 Å². The highest BCUT2D eigenvalue weighted by Gasteiger charge is 2.33. The van der Waals surface area contributed by atoms with Gasteiger partial charge in [-0.05, 0) is 31.6 Å². The molecule has 1 amide bonds. The Morgan fingerprint density at radius 1 is 1.44 bits per heavy atom. The molecule has 5 heteroatoms. The molecule has 1 saturated carbocycles. The Labute approximate surface area is 108 Å². The molecular weight excluding hydrogens is 232 g/mol. The van der Waals surface area contributed by atoms with Crippen molar-refractivity contribution in [1.29, 1.82) is 0 Å². The first kappa shape index (κ1) is 13.8. The molecule has 0 radical (unpaired) electrons.